The zero-order valence-electron chi connectivity index (χ0n) is 13.3. The van der Waals surface area contributed by atoms with Crippen LogP contribution in [0.15, 0.2) is 12.1 Å². The fourth-order valence-electron chi connectivity index (χ4n) is 3.28. The molecule has 1 atom stereocenters. The molecule has 0 radical (unpaired) electrons. The minimum absolute atomic E-state index is 0.0249. The molecular weight excluding hydrogens is 264 g/mol. The van der Waals surface area contributed by atoms with E-state index in [0.717, 1.165) is 49.9 Å². The third-order valence-electron chi connectivity index (χ3n) is 4.38. The molecule has 116 valence electrons. The molecule has 1 aromatic carbocycles. The Bertz CT molecular complexity index is 514. The first kappa shape index (κ1) is 15.8. The average molecular weight is 290 g/mol. The first-order valence-corrected chi connectivity index (χ1v) is 7.81. The quantitative estimate of drug-likeness (QED) is 0.747. The van der Waals surface area contributed by atoms with Gasteiger partial charge in [0.25, 0.3) is 0 Å². The second-order valence-electron chi connectivity index (χ2n) is 6.24. The highest BCUT2D eigenvalue weighted by molar-refractivity contribution is 5.97. The SMILES string of the molecule is CCCC1(C(=O)Nc2cc(C)cc(C)c2O)CCCNC1. The lowest BCUT2D eigenvalue weighted by atomic mass is 9.76. The van der Waals surface area contributed by atoms with Gasteiger partial charge in [0, 0.05) is 6.54 Å². The summed E-state index contributed by atoms with van der Waals surface area (Å²) in [5.74, 6) is 0.196. The molecule has 1 aliphatic rings. The van der Waals surface area contributed by atoms with Crippen molar-refractivity contribution in [1.29, 1.82) is 0 Å². The Kier molecular flexibility index (Phi) is 4.88. The van der Waals surface area contributed by atoms with Gasteiger partial charge in [-0.3, -0.25) is 4.79 Å². The molecule has 4 heteroatoms. The van der Waals surface area contributed by atoms with Crippen molar-refractivity contribution in [3.05, 3.63) is 23.3 Å². The summed E-state index contributed by atoms with van der Waals surface area (Å²) in [4.78, 5) is 12.8. The first-order valence-electron chi connectivity index (χ1n) is 7.81. The van der Waals surface area contributed by atoms with Crippen LogP contribution in [0.2, 0.25) is 0 Å². The molecule has 0 saturated carbocycles. The molecule has 1 unspecified atom stereocenters. The van der Waals surface area contributed by atoms with Crippen LogP contribution in [0.1, 0.15) is 43.7 Å². The zero-order chi connectivity index (χ0) is 15.5. The number of piperidine rings is 1. The number of aromatic hydroxyl groups is 1. The number of hydrogen-bond donors (Lipinski definition) is 3. The van der Waals surface area contributed by atoms with Gasteiger partial charge < -0.3 is 15.7 Å². The Hall–Kier alpha value is -1.55. The number of amides is 1. The van der Waals surface area contributed by atoms with Crippen molar-refractivity contribution in [2.45, 2.75) is 46.5 Å². The van der Waals surface area contributed by atoms with Crippen LogP contribution in [0.3, 0.4) is 0 Å². The number of phenols is 1. The molecule has 2 rings (SSSR count). The van der Waals surface area contributed by atoms with E-state index in [-0.39, 0.29) is 17.1 Å². The number of benzene rings is 1. The normalized spacial score (nSPS) is 22.0. The molecule has 21 heavy (non-hydrogen) atoms. The van der Waals surface area contributed by atoms with E-state index in [2.05, 4.69) is 17.6 Å². The van der Waals surface area contributed by atoms with Crippen molar-refractivity contribution in [2.75, 3.05) is 18.4 Å². The number of carbonyl (C=O) groups excluding carboxylic acids is 1. The summed E-state index contributed by atoms with van der Waals surface area (Å²) < 4.78 is 0. The smallest absolute Gasteiger partial charge is 0.231 e. The fraction of sp³-hybridized carbons (Fsp3) is 0.588. The fourth-order valence-corrected chi connectivity index (χ4v) is 3.28. The van der Waals surface area contributed by atoms with Crippen molar-refractivity contribution in [1.82, 2.24) is 5.32 Å². The minimum Gasteiger partial charge on any atom is -0.505 e. The van der Waals surface area contributed by atoms with Crippen LogP contribution in [0, 0.1) is 19.3 Å². The summed E-state index contributed by atoms with van der Waals surface area (Å²) in [6.45, 7) is 7.62. The maximum absolute atomic E-state index is 12.8. The average Bonchev–Trinajstić information content (AvgIpc) is 2.45. The van der Waals surface area contributed by atoms with Crippen molar-refractivity contribution in [3.63, 3.8) is 0 Å². The highest BCUT2D eigenvalue weighted by Gasteiger charge is 2.38. The first-order chi connectivity index (χ1) is 9.98. The molecule has 1 aromatic rings. The van der Waals surface area contributed by atoms with E-state index < -0.39 is 0 Å². The molecule has 4 nitrogen and oxygen atoms in total. The summed E-state index contributed by atoms with van der Waals surface area (Å²) in [7, 11) is 0. The second kappa shape index (κ2) is 6.48. The Morgan fingerprint density at radius 1 is 1.43 bits per heavy atom. The van der Waals surface area contributed by atoms with Gasteiger partial charge in [0.1, 0.15) is 5.75 Å². The number of nitrogens with one attached hydrogen (secondary N) is 2. The third kappa shape index (κ3) is 3.38. The number of aryl methyl sites for hydroxylation is 2. The van der Waals surface area contributed by atoms with Crippen LogP contribution in [0.25, 0.3) is 0 Å². The summed E-state index contributed by atoms with van der Waals surface area (Å²) in [5, 5.41) is 16.5. The standard InChI is InChI=1S/C17H26N2O2/c1-4-6-17(7-5-8-18-11-17)16(21)19-14-10-12(2)9-13(3)15(14)20/h9-10,18,20H,4-8,11H2,1-3H3,(H,19,21). The molecule has 3 N–H and O–H groups in total. The Labute approximate surface area is 126 Å². The third-order valence-corrected chi connectivity index (χ3v) is 4.38. The van der Waals surface area contributed by atoms with Gasteiger partial charge in [0.05, 0.1) is 11.1 Å². The van der Waals surface area contributed by atoms with Gasteiger partial charge in [0.15, 0.2) is 0 Å². The molecule has 1 heterocycles. The van der Waals surface area contributed by atoms with E-state index in [0.29, 0.717) is 5.69 Å². The van der Waals surface area contributed by atoms with E-state index in [1.165, 1.54) is 0 Å². The summed E-state index contributed by atoms with van der Waals surface area (Å²) in [6, 6.07) is 3.74. The van der Waals surface area contributed by atoms with Crippen molar-refractivity contribution in [3.8, 4) is 5.75 Å². The monoisotopic (exact) mass is 290 g/mol. The summed E-state index contributed by atoms with van der Waals surface area (Å²) in [5.41, 5.74) is 2.00. The molecule has 0 bridgehead atoms. The highest BCUT2D eigenvalue weighted by Crippen LogP contribution is 2.35. The lowest BCUT2D eigenvalue weighted by Gasteiger charge is -2.36. The van der Waals surface area contributed by atoms with E-state index in [9.17, 15) is 9.90 Å². The molecule has 0 spiro atoms. The van der Waals surface area contributed by atoms with Crippen LogP contribution in [-0.4, -0.2) is 24.1 Å². The highest BCUT2D eigenvalue weighted by atomic mass is 16.3. The number of carbonyl (C=O) groups is 1. The van der Waals surface area contributed by atoms with Gasteiger partial charge in [-0.25, -0.2) is 0 Å². The second-order valence-corrected chi connectivity index (χ2v) is 6.24. The minimum atomic E-state index is -0.350. The topological polar surface area (TPSA) is 61.4 Å². The van der Waals surface area contributed by atoms with Gasteiger partial charge >= 0.3 is 0 Å². The van der Waals surface area contributed by atoms with E-state index in [1.54, 1.807) is 0 Å². The van der Waals surface area contributed by atoms with Crippen LogP contribution in [-0.2, 0) is 4.79 Å². The Morgan fingerprint density at radius 2 is 2.19 bits per heavy atom. The van der Waals surface area contributed by atoms with Crippen molar-refractivity contribution in [2.24, 2.45) is 5.41 Å². The van der Waals surface area contributed by atoms with Crippen LogP contribution >= 0.6 is 0 Å². The molecular formula is C17H26N2O2. The lowest BCUT2D eigenvalue weighted by molar-refractivity contribution is -0.127. The summed E-state index contributed by atoms with van der Waals surface area (Å²) >= 11 is 0. The van der Waals surface area contributed by atoms with E-state index in [4.69, 9.17) is 0 Å². The zero-order valence-corrected chi connectivity index (χ0v) is 13.3. The van der Waals surface area contributed by atoms with Crippen LogP contribution in [0.5, 0.6) is 5.75 Å². The van der Waals surface area contributed by atoms with Crippen LogP contribution in [0.4, 0.5) is 5.69 Å². The molecule has 1 aliphatic heterocycles. The Balaban J connectivity index is 2.23. The molecule has 1 saturated heterocycles. The number of anilines is 1. The molecule has 1 fully saturated rings. The van der Waals surface area contributed by atoms with Crippen LogP contribution < -0.4 is 10.6 Å². The largest absolute Gasteiger partial charge is 0.505 e. The van der Waals surface area contributed by atoms with Crippen molar-refractivity contribution < 1.29 is 9.90 Å². The predicted molar refractivity (Wildman–Crippen MR) is 85.7 cm³/mol. The van der Waals surface area contributed by atoms with Gasteiger partial charge in [-0.1, -0.05) is 19.4 Å². The molecule has 0 aliphatic carbocycles. The van der Waals surface area contributed by atoms with Gasteiger partial charge in [-0.05, 0) is 56.8 Å². The van der Waals surface area contributed by atoms with E-state index >= 15 is 0 Å². The Morgan fingerprint density at radius 3 is 2.81 bits per heavy atom. The predicted octanol–water partition coefficient (Wildman–Crippen LogP) is 3.12. The number of rotatable bonds is 4. The molecule has 0 aromatic heterocycles. The maximum Gasteiger partial charge on any atom is 0.231 e. The lowest BCUT2D eigenvalue weighted by Crippen LogP contribution is -2.48. The van der Waals surface area contributed by atoms with Gasteiger partial charge in [-0.15, -0.1) is 0 Å². The number of phenolic OH excluding ortho intramolecular Hbond substituents is 1. The van der Waals surface area contributed by atoms with Gasteiger partial charge in [0.2, 0.25) is 5.91 Å². The van der Waals surface area contributed by atoms with Gasteiger partial charge in [-0.2, -0.15) is 0 Å². The van der Waals surface area contributed by atoms with Crippen molar-refractivity contribution >= 4 is 11.6 Å². The maximum atomic E-state index is 12.8. The summed E-state index contributed by atoms with van der Waals surface area (Å²) in [6.07, 6.45) is 3.78. The van der Waals surface area contributed by atoms with E-state index in [1.807, 2.05) is 26.0 Å². The number of hydrogen-bond acceptors (Lipinski definition) is 3. The molecule has 1 amide bonds.